The van der Waals surface area contributed by atoms with E-state index in [9.17, 15) is 13.5 Å². The zero-order chi connectivity index (χ0) is 15.3. The van der Waals surface area contributed by atoms with Gasteiger partial charge >= 0.3 is 0 Å². The molecule has 5 nitrogen and oxygen atoms in total. The molecule has 6 heteroatoms. The second-order valence-electron chi connectivity index (χ2n) is 5.45. The normalized spacial score (nSPS) is 17.4. The van der Waals surface area contributed by atoms with Gasteiger partial charge in [0.2, 0.25) is 10.0 Å². The Morgan fingerprint density at radius 2 is 1.90 bits per heavy atom. The third kappa shape index (κ3) is 4.18. The first-order chi connectivity index (χ1) is 10.1. The number of ether oxygens (including phenoxy) is 1. The Morgan fingerprint density at radius 3 is 2.48 bits per heavy atom. The van der Waals surface area contributed by atoms with Crippen molar-refractivity contribution in [3.05, 3.63) is 23.8 Å². The van der Waals surface area contributed by atoms with Crippen LogP contribution in [0, 0.1) is 0 Å². The first-order valence-electron chi connectivity index (χ1n) is 7.37. The molecule has 2 rings (SSSR count). The van der Waals surface area contributed by atoms with Crippen LogP contribution in [0.15, 0.2) is 23.1 Å². The van der Waals surface area contributed by atoms with Crippen molar-refractivity contribution in [2.75, 3.05) is 7.11 Å². The number of aliphatic hydroxyl groups is 1. The van der Waals surface area contributed by atoms with Crippen molar-refractivity contribution in [1.29, 1.82) is 0 Å². The number of methoxy groups -OCH3 is 1. The average molecular weight is 313 g/mol. The van der Waals surface area contributed by atoms with Crippen molar-refractivity contribution in [1.82, 2.24) is 4.72 Å². The van der Waals surface area contributed by atoms with Crippen LogP contribution in [0.3, 0.4) is 0 Å². The van der Waals surface area contributed by atoms with Crippen LogP contribution in [-0.4, -0.2) is 26.7 Å². The molecule has 1 aliphatic carbocycles. The Morgan fingerprint density at radius 1 is 1.24 bits per heavy atom. The van der Waals surface area contributed by atoms with Crippen LogP contribution in [0.1, 0.15) is 44.1 Å². The predicted octanol–water partition coefficient (Wildman–Crippen LogP) is 2.19. The van der Waals surface area contributed by atoms with Crippen molar-refractivity contribution >= 4 is 10.0 Å². The summed E-state index contributed by atoms with van der Waals surface area (Å²) in [6.07, 6.45) is 6.20. The van der Waals surface area contributed by atoms with E-state index in [0.29, 0.717) is 11.3 Å². The van der Waals surface area contributed by atoms with Crippen LogP contribution in [0.2, 0.25) is 0 Å². The first-order valence-corrected chi connectivity index (χ1v) is 8.85. The van der Waals surface area contributed by atoms with Crippen molar-refractivity contribution in [2.24, 2.45) is 0 Å². The molecule has 0 bridgehead atoms. The molecule has 2 N–H and O–H groups in total. The third-order valence-electron chi connectivity index (χ3n) is 3.88. The van der Waals surface area contributed by atoms with E-state index in [1.165, 1.54) is 26.0 Å². The molecule has 0 saturated heterocycles. The molecule has 0 aliphatic heterocycles. The molecular weight excluding hydrogens is 290 g/mol. The van der Waals surface area contributed by atoms with E-state index in [1.807, 2.05) is 0 Å². The monoisotopic (exact) mass is 313 g/mol. The lowest BCUT2D eigenvalue weighted by molar-refractivity contribution is 0.281. The highest BCUT2D eigenvalue weighted by Gasteiger charge is 2.24. The number of rotatable bonds is 5. The fourth-order valence-electron chi connectivity index (χ4n) is 2.71. The van der Waals surface area contributed by atoms with Gasteiger partial charge in [-0.2, -0.15) is 0 Å². The summed E-state index contributed by atoms with van der Waals surface area (Å²) in [6, 6.07) is 4.69. The van der Waals surface area contributed by atoms with Crippen LogP contribution in [0.5, 0.6) is 5.75 Å². The molecule has 1 aliphatic rings. The van der Waals surface area contributed by atoms with Gasteiger partial charge in [0.1, 0.15) is 10.6 Å². The molecule has 0 heterocycles. The minimum Gasteiger partial charge on any atom is -0.495 e. The van der Waals surface area contributed by atoms with Crippen molar-refractivity contribution in [2.45, 2.75) is 56.1 Å². The lowest BCUT2D eigenvalue weighted by Crippen LogP contribution is -2.34. The smallest absolute Gasteiger partial charge is 0.244 e. The molecule has 0 radical (unpaired) electrons. The molecule has 1 fully saturated rings. The molecule has 0 atom stereocenters. The molecule has 1 aromatic carbocycles. The first kappa shape index (κ1) is 16.3. The molecule has 1 saturated carbocycles. The molecule has 21 heavy (non-hydrogen) atoms. The number of hydrogen-bond donors (Lipinski definition) is 2. The van der Waals surface area contributed by atoms with Gasteiger partial charge in [0, 0.05) is 6.04 Å². The maximum Gasteiger partial charge on any atom is 0.244 e. The zero-order valence-corrected chi connectivity index (χ0v) is 13.2. The van der Waals surface area contributed by atoms with E-state index < -0.39 is 10.0 Å². The highest BCUT2D eigenvalue weighted by Crippen LogP contribution is 2.26. The molecule has 1 aromatic rings. The van der Waals surface area contributed by atoms with Gasteiger partial charge in [-0.25, -0.2) is 13.1 Å². The standard InChI is InChI=1S/C15H23NO4S/c1-20-14-9-8-12(11-17)10-15(14)21(18,19)16-13-6-4-2-3-5-7-13/h8-10,13,16-17H,2-7,11H2,1H3. The largest absolute Gasteiger partial charge is 0.495 e. The molecule has 0 aromatic heterocycles. The minimum atomic E-state index is -3.64. The predicted molar refractivity (Wildman–Crippen MR) is 80.7 cm³/mol. The molecule has 0 amide bonds. The summed E-state index contributed by atoms with van der Waals surface area (Å²) in [7, 11) is -2.19. The van der Waals surface area contributed by atoms with Crippen molar-refractivity contribution < 1.29 is 18.3 Å². The molecule has 0 spiro atoms. The van der Waals surface area contributed by atoms with Crippen molar-refractivity contribution in [3.8, 4) is 5.75 Å². The summed E-state index contributed by atoms with van der Waals surface area (Å²) in [4.78, 5) is 0.0980. The number of hydrogen-bond acceptors (Lipinski definition) is 4. The molecule has 118 valence electrons. The van der Waals surface area contributed by atoms with E-state index in [2.05, 4.69) is 4.72 Å². The van der Waals surface area contributed by atoms with E-state index in [-0.39, 0.29) is 17.5 Å². The topological polar surface area (TPSA) is 75.6 Å². The fourth-order valence-corrected chi connectivity index (χ4v) is 4.23. The number of nitrogens with one attached hydrogen (secondary N) is 1. The van der Waals surface area contributed by atoms with Gasteiger partial charge in [0.05, 0.1) is 13.7 Å². The summed E-state index contributed by atoms with van der Waals surface area (Å²) in [5.74, 6) is 0.299. The van der Waals surface area contributed by atoms with Gasteiger partial charge in [-0.15, -0.1) is 0 Å². The lowest BCUT2D eigenvalue weighted by atomic mass is 10.1. The van der Waals surface area contributed by atoms with Gasteiger partial charge in [0.25, 0.3) is 0 Å². The quantitative estimate of drug-likeness (QED) is 0.817. The number of benzene rings is 1. The second kappa shape index (κ2) is 7.24. The zero-order valence-electron chi connectivity index (χ0n) is 12.3. The average Bonchev–Trinajstić information content (AvgIpc) is 2.74. The van der Waals surface area contributed by atoms with Gasteiger partial charge in [-0.1, -0.05) is 31.7 Å². The maximum absolute atomic E-state index is 12.6. The number of aliphatic hydroxyl groups excluding tert-OH is 1. The fraction of sp³-hybridized carbons (Fsp3) is 0.600. The maximum atomic E-state index is 12.6. The third-order valence-corrected chi connectivity index (χ3v) is 5.42. The van der Waals surface area contributed by atoms with E-state index in [0.717, 1.165) is 25.7 Å². The second-order valence-corrected chi connectivity index (χ2v) is 7.14. The number of sulfonamides is 1. The van der Waals surface area contributed by atoms with E-state index in [1.54, 1.807) is 12.1 Å². The Hall–Kier alpha value is -1.11. The Labute approximate surface area is 126 Å². The highest BCUT2D eigenvalue weighted by molar-refractivity contribution is 7.89. The van der Waals surface area contributed by atoms with Gasteiger partial charge in [-0.3, -0.25) is 0 Å². The highest BCUT2D eigenvalue weighted by atomic mass is 32.2. The van der Waals surface area contributed by atoms with Gasteiger partial charge in [-0.05, 0) is 30.5 Å². The summed E-state index contributed by atoms with van der Waals surface area (Å²) in [5, 5.41) is 9.19. The Balaban J connectivity index is 2.25. The van der Waals surface area contributed by atoms with E-state index >= 15 is 0 Å². The van der Waals surface area contributed by atoms with Crippen LogP contribution in [0.4, 0.5) is 0 Å². The Kier molecular flexibility index (Phi) is 5.61. The molecular formula is C15H23NO4S. The van der Waals surface area contributed by atoms with E-state index in [4.69, 9.17) is 4.74 Å². The summed E-state index contributed by atoms with van der Waals surface area (Å²) >= 11 is 0. The van der Waals surface area contributed by atoms with Crippen LogP contribution < -0.4 is 9.46 Å². The SMILES string of the molecule is COc1ccc(CO)cc1S(=O)(=O)NC1CCCCCC1. The summed E-state index contributed by atoms with van der Waals surface area (Å²) in [5.41, 5.74) is 0.553. The summed E-state index contributed by atoms with van der Waals surface area (Å²) < 4.78 is 33.1. The van der Waals surface area contributed by atoms with Gasteiger partial charge < -0.3 is 9.84 Å². The van der Waals surface area contributed by atoms with Crippen LogP contribution >= 0.6 is 0 Å². The summed E-state index contributed by atoms with van der Waals surface area (Å²) in [6.45, 7) is -0.198. The van der Waals surface area contributed by atoms with Crippen LogP contribution in [0.25, 0.3) is 0 Å². The van der Waals surface area contributed by atoms with Crippen LogP contribution in [-0.2, 0) is 16.6 Å². The molecule has 0 unspecified atom stereocenters. The Bertz CT molecular complexity index is 563. The minimum absolute atomic E-state index is 0.0139. The lowest BCUT2D eigenvalue weighted by Gasteiger charge is -2.18. The van der Waals surface area contributed by atoms with Gasteiger partial charge in [0.15, 0.2) is 0 Å². The van der Waals surface area contributed by atoms with Crippen molar-refractivity contribution in [3.63, 3.8) is 0 Å².